The molecule has 0 radical (unpaired) electrons. The highest BCUT2D eigenvalue weighted by Gasteiger charge is 2.16. The monoisotopic (exact) mass is 279 g/mol. The van der Waals surface area contributed by atoms with Crippen LogP contribution >= 0.6 is 0 Å². The number of fused-ring (bicyclic) bond motifs is 1. The van der Waals surface area contributed by atoms with Crippen LogP contribution in [0.3, 0.4) is 0 Å². The van der Waals surface area contributed by atoms with E-state index in [4.69, 9.17) is 15.0 Å². The highest BCUT2D eigenvalue weighted by Crippen LogP contribution is 2.30. The van der Waals surface area contributed by atoms with Gasteiger partial charge in [-0.15, -0.1) is 0 Å². The van der Waals surface area contributed by atoms with E-state index in [9.17, 15) is 0 Å². The van der Waals surface area contributed by atoms with E-state index in [1.807, 2.05) is 42.5 Å². The van der Waals surface area contributed by atoms with Gasteiger partial charge in [0.1, 0.15) is 5.75 Å². The Morgan fingerprint density at radius 1 is 1.05 bits per heavy atom. The van der Waals surface area contributed by atoms with Crippen molar-refractivity contribution in [3.8, 4) is 28.6 Å². The maximum absolute atomic E-state index is 5.78. The second kappa shape index (κ2) is 4.63. The van der Waals surface area contributed by atoms with Crippen molar-refractivity contribution in [2.45, 2.75) is 6.42 Å². The summed E-state index contributed by atoms with van der Waals surface area (Å²) in [6.45, 7) is 0.733. The lowest BCUT2D eigenvalue weighted by Gasteiger charge is -1.99. The molecule has 21 heavy (non-hydrogen) atoms. The molecule has 104 valence electrons. The van der Waals surface area contributed by atoms with Crippen LogP contribution in [-0.4, -0.2) is 16.7 Å². The van der Waals surface area contributed by atoms with Gasteiger partial charge in [0.15, 0.2) is 0 Å². The van der Waals surface area contributed by atoms with Crippen molar-refractivity contribution in [2.24, 2.45) is 0 Å². The van der Waals surface area contributed by atoms with E-state index in [0.29, 0.717) is 17.4 Å². The standard InChI is InChI=1S/C16H13N3O2/c17-13-3-1-2-11(9-13)15-18-16(21-19-15)12-4-5-14-10(8-12)6-7-20-14/h1-5,8-9H,6-7,17H2. The van der Waals surface area contributed by atoms with Gasteiger partial charge in [0.05, 0.1) is 6.61 Å². The smallest absolute Gasteiger partial charge is 0.258 e. The van der Waals surface area contributed by atoms with Crippen molar-refractivity contribution in [2.75, 3.05) is 12.3 Å². The fourth-order valence-electron chi connectivity index (χ4n) is 2.46. The lowest BCUT2D eigenvalue weighted by Crippen LogP contribution is -1.86. The molecular formula is C16H13N3O2. The minimum absolute atomic E-state index is 0.502. The van der Waals surface area contributed by atoms with Crippen LogP contribution < -0.4 is 10.5 Å². The zero-order chi connectivity index (χ0) is 14.2. The third kappa shape index (κ3) is 2.12. The predicted octanol–water partition coefficient (Wildman–Crippen LogP) is 2.92. The van der Waals surface area contributed by atoms with Crippen LogP contribution in [0, 0.1) is 0 Å². The number of rotatable bonds is 2. The van der Waals surface area contributed by atoms with Crippen molar-refractivity contribution >= 4 is 5.69 Å². The van der Waals surface area contributed by atoms with Crippen LogP contribution in [0.15, 0.2) is 47.0 Å². The van der Waals surface area contributed by atoms with E-state index < -0.39 is 0 Å². The predicted molar refractivity (Wildman–Crippen MR) is 78.8 cm³/mol. The van der Waals surface area contributed by atoms with Crippen molar-refractivity contribution in [1.82, 2.24) is 10.1 Å². The van der Waals surface area contributed by atoms with Gasteiger partial charge in [0, 0.05) is 23.2 Å². The Kier molecular flexibility index (Phi) is 2.64. The summed E-state index contributed by atoms with van der Waals surface area (Å²) < 4.78 is 10.9. The van der Waals surface area contributed by atoms with Crippen LogP contribution in [-0.2, 0) is 6.42 Å². The lowest BCUT2D eigenvalue weighted by atomic mass is 10.1. The largest absolute Gasteiger partial charge is 0.493 e. The minimum atomic E-state index is 0.502. The van der Waals surface area contributed by atoms with Gasteiger partial charge in [0.2, 0.25) is 5.82 Å². The molecule has 0 amide bonds. The zero-order valence-corrected chi connectivity index (χ0v) is 11.2. The van der Waals surface area contributed by atoms with Gasteiger partial charge in [-0.05, 0) is 35.9 Å². The van der Waals surface area contributed by atoms with Crippen molar-refractivity contribution in [3.63, 3.8) is 0 Å². The third-order valence-electron chi connectivity index (χ3n) is 3.51. The first kappa shape index (κ1) is 12.0. The average Bonchev–Trinajstić information content (AvgIpc) is 3.15. The van der Waals surface area contributed by atoms with Crippen LogP contribution in [0.4, 0.5) is 5.69 Å². The van der Waals surface area contributed by atoms with Crippen LogP contribution in [0.25, 0.3) is 22.8 Å². The van der Waals surface area contributed by atoms with Gasteiger partial charge in [0.25, 0.3) is 5.89 Å². The second-order valence-corrected chi connectivity index (χ2v) is 4.97. The molecule has 5 heteroatoms. The summed E-state index contributed by atoms with van der Waals surface area (Å²) >= 11 is 0. The first-order valence-electron chi connectivity index (χ1n) is 6.75. The van der Waals surface area contributed by atoms with E-state index in [1.165, 1.54) is 5.56 Å². The number of anilines is 1. The Morgan fingerprint density at radius 2 is 2.00 bits per heavy atom. The van der Waals surface area contributed by atoms with E-state index in [0.717, 1.165) is 29.9 Å². The molecule has 0 spiro atoms. The normalized spacial score (nSPS) is 13.0. The van der Waals surface area contributed by atoms with Crippen molar-refractivity contribution in [1.29, 1.82) is 0 Å². The van der Waals surface area contributed by atoms with Gasteiger partial charge in [-0.3, -0.25) is 0 Å². The molecule has 1 aromatic heterocycles. The van der Waals surface area contributed by atoms with Crippen LogP contribution in [0.1, 0.15) is 5.56 Å². The van der Waals surface area contributed by atoms with Gasteiger partial charge in [-0.1, -0.05) is 17.3 Å². The maximum Gasteiger partial charge on any atom is 0.258 e. The molecule has 2 heterocycles. The zero-order valence-electron chi connectivity index (χ0n) is 11.2. The Morgan fingerprint density at radius 3 is 2.90 bits per heavy atom. The molecular weight excluding hydrogens is 266 g/mol. The third-order valence-corrected chi connectivity index (χ3v) is 3.51. The number of benzene rings is 2. The lowest BCUT2D eigenvalue weighted by molar-refractivity contribution is 0.357. The summed E-state index contributed by atoms with van der Waals surface area (Å²) in [5.41, 5.74) is 9.37. The average molecular weight is 279 g/mol. The number of hydrogen-bond acceptors (Lipinski definition) is 5. The van der Waals surface area contributed by atoms with Gasteiger partial charge in [-0.25, -0.2) is 0 Å². The molecule has 0 fully saturated rings. The number of nitrogens with zero attached hydrogens (tertiary/aromatic N) is 2. The summed E-state index contributed by atoms with van der Waals surface area (Å²) in [6, 6.07) is 13.3. The number of hydrogen-bond donors (Lipinski definition) is 1. The maximum atomic E-state index is 5.78. The van der Waals surface area contributed by atoms with E-state index in [2.05, 4.69) is 10.1 Å². The number of ether oxygens (including phenoxy) is 1. The Labute approximate surface area is 121 Å². The van der Waals surface area contributed by atoms with E-state index in [1.54, 1.807) is 0 Å². The Bertz CT molecular complexity index is 811. The highest BCUT2D eigenvalue weighted by atomic mass is 16.5. The first-order valence-corrected chi connectivity index (χ1v) is 6.75. The SMILES string of the molecule is Nc1cccc(-c2noc(-c3ccc4c(c3)CCO4)n2)c1. The summed E-state index contributed by atoms with van der Waals surface area (Å²) in [4.78, 5) is 4.44. The minimum Gasteiger partial charge on any atom is -0.493 e. The molecule has 0 bridgehead atoms. The molecule has 2 N–H and O–H groups in total. The topological polar surface area (TPSA) is 74.2 Å². The Hall–Kier alpha value is -2.82. The molecule has 5 nitrogen and oxygen atoms in total. The van der Waals surface area contributed by atoms with Crippen LogP contribution in [0.5, 0.6) is 5.75 Å². The summed E-state index contributed by atoms with van der Waals surface area (Å²) in [7, 11) is 0. The molecule has 4 rings (SSSR count). The summed E-state index contributed by atoms with van der Waals surface area (Å²) in [5, 5.41) is 4.02. The molecule has 0 unspecified atom stereocenters. The van der Waals surface area contributed by atoms with Gasteiger partial charge in [-0.2, -0.15) is 4.98 Å². The number of nitrogen functional groups attached to an aromatic ring is 1. The second-order valence-electron chi connectivity index (χ2n) is 4.97. The summed E-state index contributed by atoms with van der Waals surface area (Å²) in [5.74, 6) is 1.98. The summed E-state index contributed by atoms with van der Waals surface area (Å²) in [6.07, 6.45) is 0.916. The molecule has 3 aromatic rings. The van der Waals surface area contributed by atoms with Crippen molar-refractivity contribution in [3.05, 3.63) is 48.0 Å². The first-order chi connectivity index (χ1) is 10.3. The van der Waals surface area contributed by atoms with Crippen molar-refractivity contribution < 1.29 is 9.26 Å². The molecule has 0 saturated heterocycles. The number of aromatic nitrogens is 2. The molecule has 0 saturated carbocycles. The Balaban J connectivity index is 1.71. The van der Waals surface area contributed by atoms with Gasteiger partial charge >= 0.3 is 0 Å². The number of nitrogens with two attached hydrogens (primary N) is 1. The quantitative estimate of drug-likeness (QED) is 0.730. The highest BCUT2D eigenvalue weighted by molar-refractivity contribution is 5.64. The molecule has 0 aliphatic carbocycles. The van der Waals surface area contributed by atoms with Gasteiger partial charge < -0.3 is 15.0 Å². The van der Waals surface area contributed by atoms with E-state index in [-0.39, 0.29) is 0 Å². The fourth-order valence-corrected chi connectivity index (χ4v) is 2.46. The molecule has 1 aliphatic rings. The van der Waals surface area contributed by atoms with Crippen LogP contribution in [0.2, 0.25) is 0 Å². The fraction of sp³-hybridized carbons (Fsp3) is 0.125. The van der Waals surface area contributed by atoms with E-state index >= 15 is 0 Å². The molecule has 0 atom stereocenters. The molecule has 2 aromatic carbocycles. The molecule has 1 aliphatic heterocycles.